The third-order valence-corrected chi connectivity index (χ3v) is 5.53. The van der Waals surface area contributed by atoms with Gasteiger partial charge >= 0.3 is 0 Å². The quantitative estimate of drug-likeness (QED) is 0.678. The van der Waals surface area contributed by atoms with Crippen LogP contribution in [0.3, 0.4) is 0 Å². The maximum atomic E-state index is 9.72. The molecule has 23 heavy (non-hydrogen) atoms. The van der Waals surface area contributed by atoms with Gasteiger partial charge in [-0.2, -0.15) is 10.4 Å². The molecule has 6 heteroatoms. The van der Waals surface area contributed by atoms with E-state index in [2.05, 4.69) is 33.3 Å². The van der Waals surface area contributed by atoms with E-state index in [0.29, 0.717) is 11.0 Å². The van der Waals surface area contributed by atoms with E-state index in [9.17, 15) is 5.26 Å². The molecule has 5 rings (SSSR count). The average molecular weight is 322 g/mol. The Bertz CT molecular complexity index is 998. The van der Waals surface area contributed by atoms with Crippen LogP contribution >= 0.6 is 11.6 Å². The molecule has 0 bridgehead atoms. The van der Waals surface area contributed by atoms with Gasteiger partial charge in [-0.25, -0.2) is 14.6 Å². The summed E-state index contributed by atoms with van der Waals surface area (Å²) in [7, 11) is 0. The summed E-state index contributed by atoms with van der Waals surface area (Å²) < 4.78 is 1.75. The number of benzene rings is 1. The zero-order valence-electron chi connectivity index (χ0n) is 12.2. The molecule has 2 heterocycles. The van der Waals surface area contributed by atoms with Crippen molar-refractivity contribution >= 4 is 22.5 Å². The van der Waals surface area contributed by atoms with Crippen molar-refractivity contribution in [3.63, 3.8) is 0 Å². The predicted octanol–water partition coefficient (Wildman–Crippen LogP) is 3.41. The molecule has 0 radical (unpaired) electrons. The Morgan fingerprint density at radius 2 is 2.09 bits per heavy atom. The van der Waals surface area contributed by atoms with Crippen LogP contribution in [0.4, 0.5) is 0 Å². The summed E-state index contributed by atoms with van der Waals surface area (Å²) in [6.45, 7) is 0. The van der Waals surface area contributed by atoms with E-state index in [-0.39, 0.29) is 10.8 Å². The van der Waals surface area contributed by atoms with Crippen LogP contribution in [0.25, 0.3) is 16.7 Å². The Kier molecular flexibility index (Phi) is 2.32. The highest BCUT2D eigenvalue weighted by molar-refractivity contribution is 6.29. The molecule has 1 aromatic carbocycles. The van der Waals surface area contributed by atoms with Crippen molar-refractivity contribution in [2.24, 2.45) is 5.41 Å². The number of halogens is 1. The van der Waals surface area contributed by atoms with Gasteiger partial charge in [0.25, 0.3) is 0 Å². The molecule has 2 aromatic heterocycles. The maximum Gasteiger partial charge on any atom is 0.158 e. The molecule has 0 amide bonds. The molecule has 2 saturated carbocycles. The molecular weight excluding hydrogens is 310 g/mol. The normalized spacial score (nSPS) is 23.8. The van der Waals surface area contributed by atoms with Gasteiger partial charge in [-0.15, -0.1) is 0 Å². The molecular formula is C17H12ClN5. The first kappa shape index (κ1) is 13.0. The number of aromatic nitrogens is 4. The van der Waals surface area contributed by atoms with E-state index in [4.69, 9.17) is 11.6 Å². The topological polar surface area (TPSA) is 67.4 Å². The number of nitrogens with zero attached hydrogens (tertiary/aromatic N) is 5. The van der Waals surface area contributed by atoms with Crippen molar-refractivity contribution in [2.75, 3.05) is 0 Å². The Hall–Kier alpha value is -2.45. The van der Waals surface area contributed by atoms with Crippen LogP contribution < -0.4 is 0 Å². The monoisotopic (exact) mass is 321 g/mol. The second kappa shape index (κ2) is 4.09. The molecule has 3 aromatic rings. The lowest BCUT2D eigenvalue weighted by Gasteiger charge is -2.10. The number of nitriles is 1. The highest BCUT2D eigenvalue weighted by Gasteiger charge is 2.75. The summed E-state index contributed by atoms with van der Waals surface area (Å²) >= 11 is 5.96. The third kappa shape index (κ3) is 1.64. The zero-order valence-corrected chi connectivity index (χ0v) is 13.0. The fourth-order valence-electron chi connectivity index (χ4n) is 3.76. The summed E-state index contributed by atoms with van der Waals surface area (Å²) in [5, 5.41) is 15.5. The largest absolute Gasteiger partial charge is 0.224 e. The molecule has 1 spiro atoms. The molecule has 2 aliphatic rings. The number of hydrogen-bond acceptors (Lipinski definition) is 4. The van der Waals surface area contributed by atoms with Gasteiger partial charge in [0.15, 0.2) is 5.82 Å². The van der Waals surface area contributed by atoms with Crippen LogP contribution in [-0.4, -0.2) is 19.7 Å². The summed E-state index contributed by atoms with van der Waals surface area (Å²) in [5.41, 5.74) is 1.97. The van der Waals surface area contributed by atoms with E-state index in [1.807, 2.05) is 6.07 Å². The minimum Gasteiger partial charge on any atom is -0.224 e. The lowest BCUT2D eigenvalue weighted by molar-refractivity contribution is 0.737. The van der Waals surface area contributed by atoms with Crippen molar-refractivity contribution < 1.29 is 0 Å². The Labute approximate surface area is 137 Å². The Morgan fingerprint density at radius 1 is 1.22 bits per heavy atom. The highest BCUT2D eigenvalue weighted by atomic mass is 35.5. The average Bonchev–Trinajstić information content (AvgIpc) is 3.44. The molecule has 5 nitrogen and oxygen atoms in total. The van der Waals surface area contributed by atoms with Crippen LogP contribution in [-0.2, 0) is 5.41 Å². The van der Waals surface area contributed by atoms with Crippen LogP contribution in [0.5, 0.6) is 0 Å². The van der Waals surface area contributed by atoms with Crippen molar-refractivity contribution in [1.82, 2.24) is 19.7 Å². The van der Waals surface area contributed by atoms with Crippen molar-refractivity contribution in [3.05, 3.63) is 47.5 Å². The number of rotatable bonds is 2. The zero-order chi connectivity index (χ0) is 15.7. The van der Waals surface area contributed by atoms with Crippen molar-refractivity contribution in [2.45, 2.75) is 24.7 Å². The highest BCUT2D eigenvalue weighted by Crippen LogP contribution is 2.78. The first-order chi connectivity index (χ1) is 11.2. The lowest BCUT2D eigenvalue weighted by atomic mass is 9.93. The van der Waals surface area contributed by atoms with Crippen molar-refractivity contribution in [3.8, 4) is 11.9 Å². The van der Waals surface area contributed by atoms with Gasteiger partial charge < -0.3 is 0 Å². The van der Waals surface area contributed by atoms with Gasteiger partial charge in [-0.3, -0.25) is 0 Å². The minimum absolute atomic E-state index is 0.249. The predicted molar refractivity (Wildman–Crippen MR) is 85.2 cm³/mol. The summed E-state index contributed by atoms with van der Waals surface area (Å²) in [6.07, 6.45) is 6.54. The van der Waals surface area contributed by atoms with E-state index < -0.39 is 0 Å². The second-order valence-electron chi connectivity index (χ2n) is 6.50. The third-order valence-electron chi connectivity index (χ3n) is 5.33. The van der Waals surface area contributed by atoms with E-state index >= 15 is 0 Å². The van der Waals surface area contributed by atoms with Gasteiger partial charge in [-0.1, -0.05) is 23.7 Å². The van der Waals surface area contributed by atoms with Gasteiger partial charge in [0.1, 0.15) is 11.5 Å². The fourth-order valence-corrected chi connectivity index (χ4v) is 3.90. The Balaban J connectivity index is 1.69. The summed E-state index contributed by atoms with van der Waals surface area (Å²) in [4.78, 5) is 8.15. The summed E-state index contributed by atoms with van der Waals surface area (Å²) in [5.74, 6) is 0.625. The van der Waals surface area contributed by atoms with Gasteiger partial charge in [0.2, 0.25) is 0 Å². The molecule has 2 aliphatic carbocycles. The van der Waals surface area contributed by atoms with Crippen LogP contribution in [0.15, 0.2) is 36.8 Å². The molecule has 0 N–H and O–H groups in total. The van der Waals surface area contributed by atoms with E-state index in [0.717, 1.165) is 22.9 Å². The molecule has 2 fully saturated rings. The minimum atomic E-state index is -0.306. The van der Waals surface area contributed by atoms with Crippen molar-refractivity contribution in [1.29, 1.82) is 5.26 Å². The van der Waals surface area contributed by atoms with E-state index in [1.165, 1.54) is 19.2 Å². The van der Waals surface area contributed by atoms with E-state index in [1.54, 1.807) is 16.9 Å². The van der Waals surface area contributed by atoms with Crippen LogP contribution in [0, 0.1) is 16.7 Å². The smallest absolute Gasteiger partial charge is 0.158 e. The first-order valence-electron chi connectivity index (χ1n) is 7.55. The Morgan fingerprint density at radius 3 is 2.78 bits per heavy atom. The van der Waals surface area contributed by atoms with Crippen LogP contribution in [0.1, 0.15) is 24.8 Å². The number of hydrogen-bond donors (Lipinski definition) is 0. The van der Waals surface area contributed by atoms with Gasteiger partial charge in [-0.05, 0) is 36.3 Å². The molecule has 0 saturated heterocycles. The molecule has 0 aliphatic heterocycles. The number of fused-ring (bicyclic) bond motifs is 1. The molecule has 112 valence electrons. The first-order valence-corrected chi connectivity index (χ1v) is 7.93. The lowest BCUT2D eigenvalue weighted by Crippen LogP contribution is -2.08. The van der Waals surface area contributed by atoms with Crippen LogP contribution in [0.2, 0.25) is 5.15 Å². The van der Waals surface area contributed by atoms with Gasteiger partial charge in [0.05, 0.1) is 23.2 Å². The second-order valence-corrected chi connectivity index (χ2v) is 6.89. The SMILES string of the molecule is N#C[C@]1(c2ccc3cnn(-c4cc(Cl)ncn4)c3c2)CC12CC2. The summed E-state index contributed by atoms with van der Waals surface area (Å²) in [6, 6.07) is 10.4. The molecule has 0 unspecified atom stereocenters. The fraction of sp³-hybridized carbons (Fsp3) is 0.294. The maximum absolute atomic E-state index is 9.72. The molecule has 1 atom stereocenters. The standard InChI is InChI=1S/C17H12ClN5/c18-14-6-15(21-10-20-14)23-13-5-12(2-1-11(13)7-22-23)17(9-19)8-16(17)3-4-16/h1-2,5-7,10H,3-4,8H2/t17-/m0/s1. The van der Waals surface area contributed by atoms with Gasteiger partial charge in [0, 0.05) is 11.5 Å².